The zero-order valence-corrected chi connectivity index (χ0v) is 15.3. The van der Waals surface area contributed by atoms with Crippen LogP contribution in [0.2, 0.25) is 0 Å². The summed E-state index contributed by atoms with van der Waals surface area (Å²) in [7, 11) is 0. The Morgan fingerprint density at radius 3 is 1.79 bits per heavy atom. The molecule has 0 amide bonds. The number of ketones is 1. The van der Waals surface area contributed by atoms with E-state index >= 15 is 0 Å². The van der Waals surface area contributed by atoms with Gasteiger partial charge in [0.15, 0.2) is 5.78 Å². The van der Waals surface area contributed by atoms with Gasteiger partial charge in [-0.2, -0.15) is 0 Å². The van der Waals surface area contributed by atoms with Gasteiger partial charge in [-0.25, -0.2) is 4.79 Å². The molecular weight excluding hydrogens is 312 g/mol. The summed E-state index contributed by atoms with van der Waals surface area (Å²) in [4.78, 5) is 35.4. The van der Waals surface area contributed by atoms with Crippen LogP contribution in [0.5, 0.6) is 0 Å². The molecule has 0 rings (SSSR count). The Bertz CT molecular complexity index is 393. The first-order valence-corrected chi connectivity index (χ1v) is 8.94. The lowest BCUT2D eigenvalue weighted by Gasteiger charge is -2.22. The SMILES string of the molecule is CCCCCCOC(=O)C[C@@](O)(C(C)=O)C(=O)OCCCCCC. The van der Waals surface area contributed by atoms with Crippen molar-refractivity contribution >= 4 is 17.7 Å². The number of carbonyl (C=O) groups is 3. The average Bonchev–Trinajstić information content (AvgIpc) is 2.53. The molecule has 0 aliphatic carbocycles. The van der Waals surface area contributed by atoms with Gasteiger partial charge in [0.1, 0.15) is 0 Å². The standard InChI is InChI=1S/C18H32O6/c1-4-6-8-10-12-23-16(20)14-18(22,15(3)19)17(21)24-13-11-9-7-5-2/h22H,4-14H2,1-3H3/t18-/m1/s1. The van der Waals surface area contributed by atoms with E-state index < -0.39 is 29.7 Å². The average molecular weight is 344 g/mol. The van der Waals surface area contributed by atoms with Crippen LogP contribution in [0.1, 0.15) is 78.6 Å². The lowest BCUT2D eigenvalue weighted by atomic mass is 9.95. The Labute approximate surface area is 144 Å². The second-order valence-corrected chi connectivity index (χ2v) is 6.07. The fourth-order valence-electron chi connectivity index (χ4n) is 2.13. The van der Waals surface area contributed by atoms with Gasteiger partial charge in [-0.15, -0.1) is 0 Å². The molecule has 0 saturated carbocycles. The summed E-state index contributed by atoms with van der Waals surface area (Å²) < 4.78 is 9.94. The maximum absolute atomic E-state index is 12.0. The Balaban J connectivity index is 4.34. The van der Waals surface area contributed by atoms with E-state index in [1.165, 1.54) is 0 Å². The minimum atomic E-state index is -2.45. The van der Waals surface area contributed by atoms with Gasteiger partial charge in [-0.05, 0) is 19.8 Å². The van der Waals surface area contributed by atoms with E-state index in [0.717, 1.165) is 51.9 Å². The molecule has 1 N–H and O–H groups in total. The minimum Gasteiger partial charge on any atom is -0.466 e. The number of ether oxygens (including phenoxy) is 2. The molecule has 0 aromatic rings. The highest BCUT2D eigenvalue weighted by Gasteiger charge is 2.45. The van der Waals surface area contributed by atoms with Crippen LogP contribution in [0.4, 0.5) is 0 Å². The largest absolute Gasteiger partial charge is 0.466 e. The van der Waals surface area contributed by atoms with Gasteiger partial charge in [-0.3, -0.25) is 9.59 Å². The van der Waals surface area contributed by atoms with Crippen molar-refractivity contribution in [2.75, 3.05) is 13.2 Å². The van der Waals surface area contributed by atoms with Gasteiger partial charge in [0.25, 0.3) is 0 Å². The van der Waals surface area contributed by atoms with E-state index in [2.05, 4.69) is 13.8 Å². The Kier molecular flexibility index (Phi) is 12.2. The molecule has 0 saturated heterocycles. The van der Waals surface area contributed by atoms with Crippen molar-refractivity contribution in [2.24, 2.45) is 0 Å². The molecule has 6 nitrogen and oxygen atoms in total. The number of rotatable bonds is 14. The zero-order valence-electron chi connectivity index (χ0n) is 15.3. The van der Waals surface area contributed by atoms with Crippen LogP contribution in [0, 0.1) is 0 Å². The van der Waals surface area contributed by atoms with Crippen molar-refractivity contribution in [3.63, 3.8) is 0 Å². The van der Waals surface area contributed by atoms with Crippen LogP contribution >= 0.6 is 0 Å². The van der Waals surface area contributed by atoms with E-state index in [0.29, 0.717) is 6.42 Å². The molecule has 0 bridgehead atoms. The quantitative estimate of drug-likeness (QED) is 0.296. The summed E-state index contributed by atoms with van der Waals surface area (Å²) >= 11 is 0. The van der Waals surface area contributed by atoms with Crippen molar-refractivity contribution in [3.05, 3.63) is 0 Å². The summed E-state index contributed by atoms with van der Waals surface area (Å²) in [6.07, 6.45) is 6.73. The predicted octanol–water partition coefficient (Wildman–Crippen LogP) is 2.94. The Hall–Kier alpha value is -1.43. The second kappa shape index (κ2) is 12.9. The van der Waals surface area contributed by atoms with Gasteiger partial charge < -0.3 is 14.6 Å². The molecule has 0 fully saturated rings. The molecule has 1 atom stereocenters. The first-order valence-electron chi connectivity index (χ1n) is 8.94. The highest BCUT2D eigenvalue weighted by atomic mass is 16.6. The number of Topliss-reactive ketones (excluding diaryl/α,β-unsaturated/α-hetero) is 1. The van der Waals surface area contributed by atoms with Crippen molar-refractivity contribution in [1.82, 2.24) is 0 Å². The highest BCUT2D eigenvalue weighted by Crippen LogP contribution is 2.16. The second-order valence-electron chi connectivity index (χ2n) is 6.07. The molecule has 24 heavy (non-hydrogen) atoms. The summed E-state index contributed by atoms with van der Waals surface area (Å²) in [5.41, 5.74) is -2.45. The maximum Gasteiger partial charge on any atom is 0.346 e. The van der Waals surface area contributed by atoms with Crippen LogP contribution in [0.15, 0.2) is 0 Å². The summed E-state index contributed by atoms with van der Waals surface area (Å²) in [5, 5.41) is 10.2. The van der Waals surface area contributed by atoms with Gasteiger partial charge in [-0.1, -0.05) is 52.4 Å². The lowest BCUT2D eigenvalue weighted by molar-refractivity contribution is -0.176. The lowest BCUT2D eigenvalue weighted by Crippen LogP contribution is -2.48. The number of esters is 2. The van der Waals surface area contributed by atoms with Crippen molar-refractivity contribution in [2.45, 2.75) is 84.2 Å². The molecule has 0 aromatic carbocycles. The third-order valence-corrected chi connectivity index (χ3v) is 3.81. The van der Waals surface area contributed by atoms with Crippen LogP contribution in [-0.4, -0.2) is 41.6 Å². The maximum atomic E-state index is 12.0. The molecular formula is C18H32O6. The van der Waals surface area contributed by atoms with Crippen molar-refractivity contribution < 1.29 is 29.0 Å². The molecule has 0 unspecified atom stereocenters. The smallest absolute Gasteiger partial charge is 0.346 e. The van der Waals surface area contributed by atoms with Crippen molar-refractivity contribution in [3.8, 4) is 0 Å². The molecule has 0 radical (unpaired) electrons. The van der Waals surface area contributed by atoms with Gasteiger partial charge in [0.05, 0.1) is 19.6 Å². The van der Waals surface area contributed by atoms with E-state index in [-0.39, 0.29) is 13.2 Å². The van der Waals surface area contributed by atoms with Crippen LogP contribution < -0.4 is 0 Å². The summed E-state index contributed by atoms with van der Waals surface area (Å²) in [5.74, 6) is -2.66. The van der Waals surface area contributed by atoms with Crippen molar-refractivity contribution in [1.29, 1.82) is 0 Å². The van der Waals surface area contributed by atoms with Gasteiger partial charge >= 0.3 is 11.9 Å². The van der Waals surface area contributed by atoms with Gasteiger partial charge in [0.2, 0.25) is 5.60 Å². The topological polar surface area (TPSA) is 89.9 Å². The fraction of sp³-hybridized carbons (Fsp3) is 0.833. The normalized spacial score (nSPS) is 13.2. The molecule has 0 heterocycles. The Morgan fingerprint density at radius 2 is 1.33 bits per heavy atom. The molecule has 0 aromatic heterocycles. The summed E-state index contributed by atoms with van der Waals surface area (Å²) in [6.45, 7) is 5.55. The Morgan fingerprint density at radius 1 is 0.833 bits per heavy atom. The molecule has 0 aliphatic heterocycles. The third-order valence-electron chi connectivity index (χ3n) is 3.81. The number of hydrogen-bond donors (Lipinski definition) is 1. The highest BCUT2D eigenvalue weighted by molar-refractivity contribution is 6.08. The number of unbranched alkanes of at least 4 members (excludes halogenated alkanes) is 6. The number of aliphatic hydroxyl groups is 1. The first kappa shape index (κ1) is 22.6. The fourth-order valence-corrected chi connectivity index (χ4v) is 2.13. The summed E-state index contributed by atoms with van der Waals surface area (Å²) in [6, 6.07) is 0. The molecule has 0 aliphatic rings. The first-order chi connectivity index (χ1) is 11.4. The predicted molar refractivity (Wildman–Crippen MR) is 90.4 cm³/mol. The third kappa shape index (κ3) is 9.01. The van der Waals surface area contributed by atoms with E-state index in [1.54, 1.807) is 0 Å². The van der Waals surface area contributed by atoms with Crippen LogP contribution in [0.3, 0.4) is 0 Å². The minimum absolute atomic E-state index is 0.125. The monoisotopic (exact) mass is 344 g/mol. The number of hydrogen-bond acceptors (Lipinski definition) is 6. The van der Waals surface area contributed by atoms with Crippen LogP contribution in [-0.2, 0) is 23.9 Å². The van der Waals surface area contributed by atoms with E-state index in [1.807, 2.05) is 0 Å². The molecule has 6 heteroatoms. The van der Waals surface area contributed by atoms with Gasteiger partial charge in [0, 0.05) is 0 Å². The van der Waals surface area contributed by atoms with Crippen LogP contribution in [0.25, 0.3) is 0 Å². The van der Waals surface area contributed by atoms with E-state index in [9.17, 15) is 19.5 Å². The molecule has 140 valence electrons. The molecule has 0 spiro atoms. The van der Waals surface area contributed by atoms with E-state index in [4.69, 9.17) is 9.47 Å². The number of carbonyl (C=O) groups excluding carboxylic acids is 3. The zero-order chi connectivity index (χ0) is 18.4.